The summed E-state index contributed by atoms with van der Waals surface area (Å²) < 4.78 is 22.0. The van der Waals surface area contributed by atoms with Gasteiger partial charge in [-0.1, -0.05) is 54.6 Å². The van der Waals surface area contributed by atoms with Crippen LogP contribution in [0, 0.1) is 5.92 Å². The molecule has 6 heteroatoms. The molecular formula is C27H31O5P. The lowest BCUT2D eigenvalue weighted by Crippen LogP contribution is -2.26. The summed E-state index contributed by atoms with van der Waals surface area (Å²) >= 11 is 0. The van der Waals surface area contributed by atoms with Crippen molar-refractivity contribution in [2.24, 2.45) is 5.92 Å². The predicted octanol–water partition coefficient (Wildman–Crippen LogP) is 6.35. The minimum absolute atomic E-state index is 0.120. The Bertz CT molecular complexity index is 1290. The van der Waals surface area contributed by atoms with Crippen molar-refractivity contribution in [1.29, 1.82) is 0 Å². The maximum absolute atomic E-state index is 12.7. The number of benzene rings is 4. The van der Waals surface area contributed by atoms with Crippen LogP contribution in [0.1, 0.15) is 31.7 Å². The molecule has 4 aromatic carbocycles. The van der Waals surface area contributed by atoms with Crippen molar-refractivity contribution in [3.8, 4) is 0 Å². The van der Waals surface area contributed by atoms with Crippen molar-refractivity contribution < 1.29 is 23.5 Å². The molecule has 4 aromatic rings. The molecule has 0 aliphatic rings. The van der Waals surface area contributed by atoms with Crippen molar-refractivity contribution in [2.45, 2.75) is 38.7 Å². The maximum atomic E-state index is 12.7. The molecule has 0 saturated heterocycles. The summed E-state index contributed by atoms with van der Waals surface area (Å²) in [6.45, 7) is 3.18. The Balaban J connectivity index is 1.45. The summed E-state index contributed by atoms with van der Waals surface area (Å²) in [6.07, 6.45) is 1.77. The first kappa shape index (κ1) is 23.8. The maximum Gasteiger partial charge on any atom is 0.325 e. The smallest absolute Gasteiger partial charge is 0.325 e. The van der Waals surface area contributed by atoms with Gasteiger partial charge in [0.05, 0.1) is 12.7 Å². The van der Waals surface area contributed by atoms with Crippen molar-refractivity contribution in [2.75, 3.05) is 20.4 Å². The first-order valence-corrected chi connectivity index (χ1v) is 13.4. The van der Waals surface area contributed by atoms with Crippen LogP contribution in [0.2, 0.25) is 0 Å². The van der Waals surface area contributed by atoms with Crippen LogP contribution in [0.5, 0.6) is 0 Å². The third-order valence-electron chi connectivity index (χ3n) is 6.42. The number of ether oxygens (including phenoxy) is 1. The summed E-state index contributed by atoms with van der Waals surface area (Å²) in [7, 11) is -2.06. The molecular weight excluding hydrogens is 435 g/mol. The number of aryl methyl sites for hydroxylation is 1. The molecule has 0 radical (unpaired) electrons. The Morgan fingerprint density at radius 1 is 1.00 bits per heavy atom. The minimum atomic E-state index is -3.62. The van der Waals surface area contributed by atoms with Crippen molar-refractivity contribution in [3.05, 3.63) is 60.2 Å². The second-order valence-corrected chi connectivity index (χ2v) is 10.8. The van der Waals surface area contributed by atoms with Crippen molar-refractivity contribution >= 4 is 45.7 Å². The van der Waals surface area contributed by atoms with Crippen LogP contribution in [-0.4, -0.2) is 37.2 Å². The van der Waals surface area contributed by atoms with E-state index < -0.39 is 13.7 Å². The van der Waals surface area contributed by atoms with Crippen LogP contribution in [0.3, 0.4) is 0 Å². The van der Waals surface area contributed by atoms with Gasteiger partial charge in [0.1, 0.15) is 5.78 Å². The highest BCUT2D eigenvalue weighted by Crippen LogP contribution is 2.40. The molecule has 3 atom stereocenters. The van der Waals surface area contributed by atoms with Gasteiger partial charge in [0.25, 0.3) is 0 Å². The van der Waals surface area contributed by atoms with E-state index in [2.05, 4.69) is 54.6 Å². The zero-order chi connectivity index (χ0) is 23.6. The lowest BCUT2D eigenvalue weighted by atomic mass is 9.90. The largest absolute Gasteiger partial charge is 0.384 e. The van der Waals surface area contributed by atoms with Crippen molar-refractivity contribution in [1.82, 2.24) is 0 Å². The predicted molar refractivity (Wildman–Crippen MR) is 134 cm³/mol. The molecule has 0 spiro atoms. The summed E-state index contributed by atoms with van der Waals surface area (Å²) in [5, 5.41) is 7.59. The molecule has 4 rings (SSSR count). The number of carbonyl (C=O) groups is 1. The van der Waals surface area contributed by atoms with E-state index in [9.17, 15) is 14.3 Å². The number of methoxy groups -OCH3 is 1. The topological polar surface area (TPSA) is 72.8 Å². The normalized spacial score (nSPS) is 15.8. The molecule has 0 fully saturated rings. The fourth-order valence-electron chi connectivity index (χ4n) is 4.85. The molecule has 174 valence electrons. The van der Waals surface area contributed by atoms with Crippen LogP contribution in [0.4, 0.5) is 0 Å². The van der Waals surface area contributed by atoms with Gasteiger partial charge in [-0.15, -0.1) is 0 Å². The third kappa shape index (κ3) is 5.44. The van der Waals surface area contributed by atoms with E-state index in [-0.39, 0.29) is 18.1 Å². The molecule has 1 N–H and O–H groups in total. The van der Waals surface area contributed by atoms with E-state index in [1.54, 1.807) is 14.0 Å². The van der Waals surface area contributed by atoms with E-state index >= 15 is 0 Å². The molecule has 0 aliphatic heterocycles. The summed E-state index contributed by atoms with van der Waals surface area (Å²) in [4.78, 5) is 22.2. The van der Waals surface area contributed by atoms with E-state index in [0.29, 0.717) is 13.0 Å². The summed E-state index contributed by atoms with van der Waals surface area (Å²) in [6, 6.07) is 19.5. The molecule has 0 aliphatic carbocycles. The monoisotopic (exact) mass is 466 g/mol. The standard InChI is InChI=1S/C27H31O5P/c1-18(32-33(3,29)30)23(17-31-2)16-24(28)9-5-6-19-10-11-22-13-12-20-7-4-8-21-14-15-25(19)27(22)26(20)21/h4,7-8,10-15,18,23H,5-6,9,16-17H2,1-3H3,(H,29,30)/t18-,23-/m0/s1. The lowest BCUT2D eigenvalue weighted by Gasteiger charge is -2.24. The van der Waals surface area contributed by atoms with Gasteiger partial charge in [-0.05, 0) is 57.6 Å². The molecule has 1 unspecified atom stereocenters. The van der Waals surface area contributed by atoms with Gasteiger partial charge < -0.3 is 14.2 Å². The highest BCUT2D eigenvalue weighted by Gasteiger charge is 2.26. The molecule has 0 heterocycles. The second-order valence-electron chi connectivity index (χ2n) is 9.01. The zero-order valence-corrected chi connectivity index (χ0v) is 20.3. The van der Waals surface area contributed by atoms with E-state index in [1.807, 2.05) is 0 Å². The Labute approximate surface area is 194 Å². The average Bonchev–Trinajstić information content (AvgIpc) is 2.77. The highest BCUT2D eigenvalue weighted by molar-refractivity contribution is 7.51. The Morgan fingerprint density at radius 3 is 2.30 bits per heavy atom. The van der Waals surface area contributed by atoms with E-state index in [4.69, 9.17) is 9.26 Å². The molecule has 0 amide bonds. The van der Waals surface area contributed by atoms with Gasteiger partial charge in [0.15, 0.2) is 0 Å². The fraction of sp³-hybridized carbons (Fsp3) is 0.370. The number of hydrogen-bond donors (Lipinski definition) is 1. The summed E-state index contributed by atoms with van der Waals surface area (Å²) in [5.74, 6) is -0.133. The molecule has 5 nitrogen and oxygen atoms in total. The SMILES string of the molecule is COC[C@H](CC(=O)CCCc1ccc2ccc3cccc4ccc1c2c34)[C@H](C)OP(C)(=O)O. The number of carbonyl (C=O) groups excluding carboxylic acids is 1. The highest BCUT2D eigenvalue weighted by atomic mass is 31.2. The Morgan fingerprint density at radius 2 is 1.64 bits per heavy atom. The quantitative estimate of drug-likeness (QED) is 0.206. The fourth-order valence-corrected chi connectivity index (χ4v) is 5.64. The second kappa shape index (κ2) is 9.90. The number of rotatable bonds is 11. The first-order chi connectivity index (χ1) is 15.8. The molecule has 0 bridgehead atoms. The van der Waals surface area contributed by atoms with Gasteiger partial charge in [-0.2, -0.15) is 0 Å². The van der Waals surface area contributed by atoms with Crippen LogP contribution >= 0.6 is 7.60 Å². The van der Waals surface area contributed by atoms with Crippen LogP contribution < -0.4 is 0 Å². The van der Waals surface area contributed by atoms with Crippen LogP contribution in [0.15, 0.2) is 54.6 Å². The first-order valence-electron chi connectivity index (χ1n) is 11.4. The average molecular weight is 467 g/mol. The van der Waals surface area contributed by atoms with Crippen molar-refractivity contribution in [3.63, 3.8) is 0 Å². The number of hydrogen-bond acceptors (Lipinski definition) is 4. The molecule has 0 saturated carbocycles. The molecule has 33 heavy (non-hydrogen) atoms. The van der Waals surface area contributed by atoms with Gasteiger partial charge in [-0.3, -0.25) is 9.36 Å². The van der Waals surface area contributed by atoms with Gasteiger partial charge in [0, 0.05) is 32.5 Å². The Kier molecular flexibility index (Phi) is 7.16. The minimum Gasteiger partial charge on any atom is -0.384 e. The number of ketones is 1. The summed E-state index contributed by atoms with van der Waals surface area (Å²) in [5.41, 5.74) is 1.26. The lowest BCUT2D eigenvalue weighted by molar-refractivity contribution is -0.121. The number of Topliss-reactive ketones (excluding diaryl/α,β-unsaturated/α-hetero) is 1. The van der Waals surface area contributed by atoms with Crippen LogP contribution in [-0.2, 0) is 25.0 Å². The molecule has 0 aromatic heterocycles. The van der Waals surface area contributed by atoms with Gasteiger partial charge in [-0.25, -0.2) is 0 Å². The van der Waals surface area contributed by atoms with E-state index in [0.717, 1.165) is 19.5 Å². The van der Waals surface area contributed by atoms with Gasteiger partial charge >= 0.3 is 7.60 Å². The van der Waals surface area contributed by atoms with E-state index in [1.165, 1.54) is 37.9 Å². The zero-order valence-electron chi connectivity index (χ0n) is 19.4. The third-order valence-corrected chi connectivity index (χ3v) is 7.14. The Hall–Kier alpha value is -2.30. The van der Waals surface area contributed by atoms with Gasteiger partial charge in [0.2, 0.25) is 0 Å². The van der Waals surface area contributed by atoms with Crippen LogP contribution in [0.25, 0.3) is 32.3 Å².